The summed E-state index contributed by atoms with van der Waals surface area (Å²) in [5.41, 5.74) is 0. The Kier molecular flexibility index (Phi) is 0. The highest BCUT2D eigenvalue weighted by Gasteiger charge is 0.00344. The van der Waals surface area contributed by atoms with Crippen LogP contribution >= 0.6 is 0 Å². The molecule has 0 rings (SSSR count). The van der Waals surface area contributed by atoms with E-state index in [1.807, 2.05) is 0 Å². The van der Waals surface area contributed by atoms with Crippen LogP contribution in [0.3, 0.4) is 0 Å². The molecule has 0 spiro atoms. The molecule has 0 fully saturated rings. The summed E-state index contributed by atoms with van der Waals surface area (Å²) in [5, 5.41) is 0. The Labute approximate surface area is 606 Å². The Balaban J connectivity index is 0. The van der Waals surface area contributed by atoms with Crippen molar-refractivity contribution in [3.05, 3.63) is 0 Å². The molecule has 0 saturated heterocycles. The van der Waals surface area contributed by atoms with Crippen molar-refractivity contribution in [3.8, 4) is 0 Å². The zero-order valence-electron chi connectivity index (χ0n) is 0. The van der Waals surface area contributed by atoms with Gasteiger partial charge in [0, 0.05) is 0 Å². The SMILES string of the molecule is C.C.C.C.C.C.C.C.C.C.C.C.C.C.C.C.C.C.C.C.C.C.C.C.C.C.C.C.C.C.C.C.C.C.C.C.C.C.C.C.C.C.C.C.C.C.C.C.C.C.C.C.C.C.C.C.C.C.C.C.C.C.C.C.C.C.C.C.C.C.C.C.C.C.C.C.C.C.C.C.C.C. The largest absolute Gasteiger partial charge is 0.0776 e. The Bertz CT molecular complexity index is 0. The van der Waals surface area contributed by atoms with Gasteiger partial charge in [-0.15, -0.1) is 0 Å². The van der Waals surface area contributed by atoms with Crippen molar-refractivity contribution < 1.29 is 0 Å². The molecule has 0 heterocycles. The lowest BCUT2D eigenvalue weighted by Gasteiger charge is -0.0786. The molecule has 0 aliphatic rings. The second-order valence-corrected chi connectivity index (χ2v) is 0. The van der Waals surface area contributed by atoms with E-state index in [1.165, 1.54) is 0 Å². The smallest absolute Gasteiger partial charge is 0.0776 e. The van der Waals surface area contributed by atoms with Crippen molar-refractivity contribution in [3.63, 3.8) is 0 Å². The number of rotatable bonds is 0. The molecule has 0 radical (unpaired) electrons. The van der Waals surface area contributed by atoms with E-state index in [2.05, 4.69) is 0 Å². The van der Waals surface area contributed by atoms with Gasteiger partial charge in [-0.2, -0.15) is 0 Å². The lowest BCUT2D eigenvalue weighted by atomic mass is 12.0. The van der Waals surface area contributed by atoms with E-state index in [-0.39, 0.29) is 609 Å². The van der Waals surface area contributed by atoms with Gasteiger partial charge >= 0.3 is 0 Å². The summed E-state index contributed by atoms with van der Waals surface area (Å²) >= 11 is 0. The standard InChI is InChI=1S/82CH4/h82*1H4. The Morgan fingerprint density at radius 1 is 0.0122 bits per heavy atom. The van der Waals surface area contributed by atoms with Gasteiger partial charge in [-0.05, 0) is 0 Å². The molecule has 0 aromatic rings. The van der Waals surface area contributed by atoms with Crippen molar-refractivity contribution in [2.24, 2.45) is 0 Å². The third-order valence-electron chi connectivity index (χ3n) is 0. The van der Waals surface area contributed by atoms with Gasteiger partial charge in [0.1, 0.15) is 0 Å². The van der Waals surface area contributed by atoms with Gasteiger partial charge in [0.25, 0.3) is 0 Å². The fraction of sp³-hybridized carbons (Fsp3) is 1.00. The van der Waals surface area contributed by atoms with Crippen LogP contribution in [0, 0.1) is 0 Å². The quantitative estimate of drug-likeness (QED) is 0.227. The van der Waals surface area contributed by atoms with E-state index < -0.39 is 0 Å². The first-order valence-corrected chi connectivity index (χ1v) is 0. The topological polar surface area (TPSA) is 0 Å². The highest BCUT2D eigenvalue weighted by molar-refractivity contribution is 2.58. The van der Waals surface area contributed by atoms with Gasteiger partial charge in [0.2, 0.25) is 0 Å². The molecule has 0 aromatic carbocycles. The fourth-order valence-corrected chi connectivity index (χ4v) is 0. The van der Waals surface area contributed by atoms with Crippen molar-refractivity contribution >= 4 is 0 Å². The van der Waals surface area contributed by atoms with Crippen molar-refractivity contribution in [2.45, 2.75) is 609 Å². The Hall–Kier alpha value is 0. The monoisotopic (exact) mass is 1310 g/mol. The van der Waals surface area contributed by atoms with Crippen molar-refractivity contribution in [1.82, 2.24) is 0 Å². The fourth-order valence-electron chi connectivity index (χ4n) is 0. The van der Waals surface area contributed by atoms with Gasteiger partial charge < -0.3 is 0 Å². The third-order valence-corrected chi connectivity index (χ3v) is 0. The molecule has 0 amide bonds. The molecule has 0 nitrogen and oxygen atoms in total. The maximum atomic E-state index is 0. The average molecular weight is 1320 g/mol. The predicted octanol–water partition coefficient (Wildman–Crippen LogP) is 52.2. The molecule has 0 bridgehead atoms. The molecule has 0 aromatic heterocycles. The zero-order valence-corrected chi connectivity index (χ0v) is 0. The Morgan fingerprint density at radius 3 is 0.0122 bits per heavy atom. The maximum Gasteiger partial charge on any atom is -0.0776 e. The van der Waals surface area contributed by atoms with Crippen LogP contribution in [0.15, 0.2) is 0 Å². The van der Waals surface area contributed by atoms with Crippen LogP contribution in [0.2, 0.25) is 0 Å². The minimum Gasteiger partial charge on any atom is -0.0776 e. The molecular weight excluding hydrogens is 985 g/mol. The van der Waals surface area contributed by atoms with Crippen LogP contribution in [-0.4, -0.2) is 0 Å². The lowest BCUT2D eigenvalue weighted by Crippen LogP contribution is 0.143. The van der Waals surface area contributed by atoms with Crippen LogP contribution < -0.4 is 0 Å². The average Bonchev–Trinajstić information content (AvgIpc) is 0. The summed E-state index contributed by atoms with van der Waals surface area (Å²) in [7, 11) is 0. The second kappa shape index (κ2) is 0. The third kappa shape index (κ3) is 0. The predicted molar refractivity (Wildman–Crippen MR) is 552 cm³/mol. The summed E-state index contributed by atoms with van der Waals surface area (Å²) in [6.07, 6.45) is 0. The van der Waals surface area contributed by atoms with Gasteiger partial charge in [-0.1, -0.05) is 609 Å². The molecule has 0 aliphatic heterocycles. The molecular formula is C82H328. The maximum absolute atomic E-state index is 0. The number of hydrogen-bond acceptors (Lipinski definition) is 0. The second-order valence-electron chi connectivity index (χ2n) is 0. The lowest BCUT2D eigenvalue weighted by molar-refractivity contribution is 2.50. The summed E-state index contributed by atoms with van der Waals surface area (Å²) in [4.78, 5) is 0. The van der Waals surface area contributed by atoms with Gasteiger partial charge in [0.15, 0.2) is 0 Å². The zero-order chi connectivity index (χ0) is 0. The summed E-state index contributed by atoms with van der Waals surface area (Å²) < 4.78 is 0. The molecule has 0 saturated carbocycles. The van der Waals surface area contributed by atoms with Crippen molar-refractivity contribution in [2.75, 3.05) is 0 Å². The normalized spacial score (nSPS) is 0. The Morgan fingerprint density at radius 2 is 0.0122 bits per heavy atom. The van der Waals surface area contributed by atoms with E-state index in [0.717, 1.165) is 0 Å². The van der Waals surface area contributed by atoms with Crippen LogP contribution in [0.4, 0.5) is 0 Å². The van der Waals surface area contributed by atoms with Crippen LogP contribution in [-0.2, 0) is 0 Å². The first kappa shape index (κ1) is 0. The molecule has 0 unspecified atom stereocenters. The first-order valence-electron chi connectivity index (χ1n) is 0. The van der Waals surface area contributed by atoms with E-state index in [0.29, 0.717) is 0 Å². The van der Waals surface area contributed by atoms with E-state index in [9.17, 15) is 0 Å². The van der Waals surface area contributed by atoms with Gasteiger partial charge in [-0.3, -0.25) is 0 Å². The van der Waals surface area contributed by atoms with E-state index in [1.54, 1.807) is 0 Å². The molecule has 0 heteroatoms. The molecule has 0 atom stereocenters. The van der Waals surface area contributed by atoms with Crippen LogP contribution in [0.5, 0.6) is 0 Å². The van der Waals surface area contributed by atoms with E-state index in [4.69, 9.17) is 0 Å². The van der Waals surface area contributed by atoms with Gasteiger partial charge in [0.05, 0.1) is 0 Å². The summed E-state index contributed by atoms with van der Waals surface area (Å²) in [6.45, 7) is 0. The molecule has 82 heavy (non-hydrogen) atoms. The summed E-state index contributed by atoms with van der Waals surface area (Å²) in [6, 6.07) is 0. The highest BCUT2D eigenvalue weighted by Crippen LogP contribution is 0.225. The van der Waals surface area contributed by atoms with Crippen LogP contribution in [0.25, 0.3) is 0 Å². The van der Waals surface area contributed by atoms with Crippen LogP contribution in [0.1, 0.15) is 609 Å². The number of hydrogen-bond donors (Lipinski definition) is 0. The highest BCUT2D eigenvalue weighted by atomic mass is 12.1. The first-order chi connectivity index (χ1) is 0. The summed E-state index contributed by atoms with van der Waals surface area (Å²) in [5.74, 6) is 0. The molecule has 656 valence electrons. The molecule has 0 N–H and O–H groups in total. The van der Waals surface area contributed by atoms with Crippen molar-refractivity contribution in [1.29, 1.82) is 0 Å². The molecule has 0 aliphatic carbocycles. The minimum absolute atomic E-state index is 0. The van der Waals surface area contributed by atoms with E-state index >= 15 is 0 Å². The van der Waals surface area contributed by atoms with Gasteiger partial charge in [-0.25, -0.2) is 0 Å². The minimum atomic E-state index is 0.